The number of aliphatic hydroxyl groups excluding tert-OH is 1. The van der Waals surface area contributed by atoms with Gasteiger partial charge in [-0.3, -0.25) is 0 Å². The Morgan fingerprint density at radius 3 is 1.12 bits per heavy atom. The van der Waals surface area contributed by atoms with Crippen LogP contribution in [-0.2, 0) is 11.1 Å². The van der Waals surface area contributed by atoms with Gasteiger partial charge >= 0.3 is 0 Å². The summed E-state index contributed by atoms with van der Waals surface area (Å²) in [6.07, 6.45) is 0. The molecule has 5 nitrogen and oxygen atoms in total. The number of benzene rings is 6. The molecular formula is C46H38N4O. The number of hydrogen-bond donors (Lipinski definition) is 4. The number of rotatable bonds is 10. The fraction of sp³-hybridized carbons (Fsp3) is 0.0652. The van der Waals surface area contributed by atoms with Crippen molar-refractivity contribution in [2.45, 2.75) is 11.1 Å². The second-order valence-electron chi connectivity index (χ2n) is 12.2. The van der Waals surface area contributed by atoms with Gasteiger partial charge in [-0.05, 0) is 39.4 Å². The van der Waals surface area contributed by atoms with Gasteiger partial charge in [-0.1, -0.05) is 194 Å². The van der Waals surface area contributed by atoms with Crippen LogP contribution in [0.3, 0.4) is 0 Å². The van der Waals surface area contributed by atoms with E-state index in [0.717, 1.165) is 33.4 Å². The van der Waals surface area contributed by atoms with Crippen LogP contribution in [0.4, 0.5) is 17.3 Å². The molecule has 0 aliphatic rings. The second-order valence-corrected chi connectivity index (χ2v) is 12.2. The van der Waals surface area contributed by atoms with Gasteiger partial charge in [0.15, 0.2) is 5.82 Å². The van der Waals surface area contributed by atoms with Crippen molar-refractivity contribution in [3.05, 3.63) is 227 Å². The Morgan fingerprint density at radius 2 is 0.804 bits per heavy atom. The van der Waals surface area contributed by atoms with Crippen LogP contribution in [0, 0.1) is 11.8 Å². The lowest BCUT2D eigenvalue weighted by Gasteiger charge is -2.39. The number of nitrogens with zero attached hydrogens (tertiary/aromatic N) is 1. The first kappa shape index (κ1) is 32.9. The van der Waals surface area contributed by atoms with E-state index in [2.05, 4.69) is 95.3 Å². The predicted octanol–water partition coefficient (Wildman–Crippen LogP) is 8.82. The third kappa shape index (κ3) is 6.45. The molecule has 7 rings (SSSR count). The fourth-order valence-electron chi connectivity index (χ4n) is 6.88. The van der Waals surface area contributed by atoms with E-state index in [1.165, 1.54) is 0 Å². The molecule has 0 spiro atoms. The molecule has 0 amide bonds. The quantitative estimate of drug-likeness (QED) is 0.0869. The van der Waals surface area contributed by atoms with Crippen molar-refractivity contribution in [1.82, 2.24) is 4.98 Å². The standard InChI is InChI=1S/C46H38N4O/c47-43-35(20-19-33-51)34-42(49-45(36-21-7-1-8-22-36,37-23-9-2-10-24-37)38-25-11-3-12-26-38)48-44(43)50-46(39-27-13-4-14-28-39,40-29-15-5-16-30-40)41-31-17-6-18-32-41/h1-18,21-32,34,51H,33,47H2,(H2,48,49,50). The molecule has 5 heteroatoms. The highest BCUT2D eigenvalue weighted by molar-refractivity contribution is 5.77. The van der Waals surface area contributed by atoms with E-state index in [9.17, 15) is 5.11 Å². The van der Waals surface area contributed by atoms with Gasteiger partial charge in [-0.2, -0.15) is 0 Å². The lowest BCUT2D eigenvalue weighted by molar-refractivity contribution is 0.350. The molecule has 0 bridgehead atoms. The molecule has 7 aromatic rings. The number of aromatic nitrogens is 1. The summed E-state index contributed by atoms with van der Waals surface area (Å²) < 4.78 is 0. The van der Waals surface area contributed by atoms with Crippen molar-refractivity contribution in [2.75, 3.05) is 23.0 Å². The van der Waals surface area contributed by atoms with Crippen LogP contribution < -0.4 is 16.4 Å². The summed E-state index contributed by atoms with van der Waals surface area (Å²) >= 11 is 0. The Kier molecular flexibility index (Phi) is 9.60. The SMILES string of the molecule is Nc1c(C#CCO)cc(NC(c2ccccc2)(c2ccccc2)c2ccccc2)nc1NC(c1ccccc1)(c1ccccc1)c1ccccc1. The summed E-state index contributed by atoms with van der Waals surface area (Å²) in [4.78, 5) is 5.29. The number of hydrogen-bond acceptors (Lipinski definition) is 5. The maximum absolute atomic E-state index is 9.76. The maximum Gasteiger partial charge on any atom is 0.154 e. The van der Waals surface area contributed by atoms with Crippen LogP contribution in [-0.4, -0.2) is 16.7 Å². The zero-order valence-corrected chi connectivity index (χ0v) is 28.1. The largest absolute Gasteiger partial charge is 0.395 e. The average Bonchev–Trinajstić information content (AvgIpc) is 3.21. The molecule has 0 saturated heterocycles. The average molecular weight is 663 g/mol. The van der Waals surface area contributed by atoms with Crippen LogP contribution in [0.2, 0.25) is 0 Å². The number of pyridine rings is 1. The van der Waals surface area contributed by atoms with Crippen LogP contribution in [0.1, 0.15) is 38.9 Å². The minimum absolute atomic E-state index is 0.308. The monoisotopic (exact) mass is 662 g/mol. The van der Waals surface area contributed by atoms with Crippen molar-refractivity contribution in [2.24, 2.45) is 0 Å². The summed E-state index contributed by atoms with van der Waals surface area (Å²) in [5.74, 6) is 6.92. The predicted molar refractivity (Wildman–Crippen MR) is 208 cm³/mol. The van der Waals surface area contributed by atoms with Gasteiger partial charge in [-0.25, -0.2) is 4.98 Å². The molecule has 51 heavy (non-hydrogen) atoms. The van der Waals surface area contributed by atoms with Gasteiger partial charge in [0.25, 0.3) is 0 Å². The van der Waals surface area contributed by atoms with E-state index in [4.69, 9.17) is 10.7 Å². The molecule has 1 heterocycles. The zero-order chi connectivity index (χ0) is 34.9. The molecule has 248 valence electrons. The van der Waals surface area contributed by atoms with Gasteiger partial charge in [-0.15, -0.1) is 0 Å². The van der Waals surface area contributed by atoms with E-state index in [-0.39, 0.29) is 6.61 Å². The third-order valence-corrected chi connectivity index (χ3v) is 9.22. The fourth-order valence-corrected chi connectivity index (χ4v) is 6.88. The Labute approximate surface area is 299 Å². The highest BCUT2D eigenvalue weighted by Crippen LogP contribution is 2.43. The van der Waals surface area contributed by atoms with Crippen molar-refractivity contribution < 1.29 is 5.11 Å². The number of nitrogens with two attached hydrogens (primary N) is 1. The Bertz CT molecular complexity index is 2040. The molecular weight excluding hydrogens is 625 g/mol. The lowest BCUT2D eigenvalue weighted by Crippen LogP contribution is -2.40. The van der Waals surface area contributed by atoms with E-state index < -0.39 is 11.1 Å². The summed E-state index contributed by atoms with van der Waals surface area (Å²) in [6.45, 7) is -0.308. The maximum atomic E-state index is 9.76. The number of anilines is 3. The van der Waals surface area contributed by atoms with E-state index >= 15 is 0 Å². The lowest BCUT2D eigenvalue weighted by atomic mass is 9.76. The van der Waals surface area contributed by atoms with Crippen molar-refractivity contribution in [3.8, 4) is 11.8 Å². The summed E-state index contributed by atoms with van der Waals surface area (Å²) in [5, 5.41) is 17.5. The summed E-state index contributed by atoms with van der Waals surface area (Å²) in [7, 11) is 0. The Hall–Kier alpha value is -6.61. The Morgan fingerprint density at radius 1 is 0.490 bits per heavy atom. The van der Waals surface area contributed by atoms with Crippen molar-refractivity contribution in [3.63, 3.8) is 0 Å². The minimum atomic E-state index is -0.888. The normalized spacial score (nSPS) is 11.2. The molecule has 0 atom stereocenters. The molecule has 6 aromatic carbocycles. The molecule has 0 aliphatic carbocycles. The van der Waals surface area contributed by atoms with Crippen LogP contribution in [0.25, 0.3) is 0 Å². The molecule has 0 aliphatic heterocycles. The molecule has 0 unspecified atom stereocenters. The topological polar surface area (TPSA) is 83.2 Å². The molecule has 0 radical (unpaired) electrons. The van der Waals surface area contributed by atoms with Gasteiger partial charge in [0, 0.05) is 0 Å². The van der Waals surface area contributed by atoms with Crippen molar-refractivity contribution in [1.29, 1.82) is 0 Å². The van der Waals surface area contributed by atoms with Gasteiger partial charge in [0.05, 0.1) is 11.3 Å². The van der Waals surface area contributed by atoms with Crippen molar-refractivity contribution >= 4 is 17.3 Å². The third-order valence-electron chi connectivity index (χ3n) is 9.22. The van der Waals surface area contributed by atoms with E-state index in [1.807, 2.05) is 115 Å². The van der Waals surface area contributed by atoms with E-state index in [1.54, 1.807) is 0 Å². The molecule has 0 saturated carbocycles. The second kappa shape index (κ2) is 14.9. The number of nitrogen functional groups attached to an aromatic ring is 1. The zero-order valence-electron chi connectivity index (χ0n) is 28.1. The first-order valence-electron chi connectivity index (χ1n) is 16.9. The van der Waals surface area contributed by atoms with E-state index in [0.29, 0.717) is 22.9 Å². The van der Waals surface area contributed by atoms with Gasteiger partial charge in [0.1, 0.15) is 23.5 Å². The Balaban J connectivity index is 1.49. The van der Waals surface area contributed by atoms with Crippen LogP contribution in [0.5, 0.6) is 0 Å². The van der Waals surface area contributed by atoms with Gasteiger partial charge in [0.2, 0.25) is 0 Å². The van der Waals surface area contributed by atoms with Crippen LogP contribution >= 0.6 is 0 Å². The van der Waals surface area contributed by atoms with Gasteiger partial charge < -0.3 is 21.5 Å². The number of nitrogens with one attached hydrogen (secondary N) is 2. The smallest absolute Gasteiger partial charge is 0.154 e. The highest BCUT2D eigenvalue weighted by atomic mass is 16.2. The first-order chi connectivity index (χ1) is 25.1. The summed E-state index contributed by atoms with van der Waals surface area (Å²) in [5.41, 5.74) is 12.3. The molecule has 0 fully saturated rings. The number of aliphatic hydroxyl groups is 1. The summed E-state index contributed by atoms with van der Waals surface area (Å²) in [6, 6.07) is 63.9. The van der Waals surface area contributed by atoms with Crippen LogP contribution in [0.15, 0.2) is 188 Å². The highest BCUT2D eigenvalue weighted by Gasteiger charge is 2.39. The molecule has 1 aromatic heterocycles. The molecule has 5 N–H and O–H groups in total. The first-order valence-corrected chi connectivity index (χ1v) is 16.9. The minimum Gasteiger partial charge on any atom is -0.395 e.